The predicted molar refractivity (Wildman–Crippen MR) is 123 cm³/mol. The van der Waals surface area contributed by atoms with Crippen LogP contribution in [0.4, 0.5) is 5.13 Å². The molecule has 1 N–H and O–H groups in total. The molecule has 4 rings (SSSR count). The molecule has 0 bridgehead atoms. The lowest BCUT2D eigenvalue weighted by molar-refractivity contribution is -0.121. The van der Waals surface area contributed by atoms with Gasteiger partial charge in [0, 0.05) is 36.5 Å². The highest BCUT2D eigenvalue weighted by Gasteiger charge is 2.28. The number of rotatable bonds is 5. The van der Waals surface area contributed by atoms with E-state index < -0.39 is 0 Å². The van der Waals surface area contributed by atoms with Crippen LogP contribution in [0.1, 0.15) is 33.0 Å². The van der Waals surface area contributed by atoms with Crippen LogP contribution in [0.15, 0.2) is 41.9 Å². The van der Waals surface area contributed by atoms with Crippen LogP contribution >= 0.6 is 45.9 Å². The molecule has 5 nitrogen and oxygen atoms in total. The number of thiazole rings is 1. The Kier molecular flexibility index (Phi) is 6.73. The van der Waals surface area contributed by atoms with Gasteiger partial charge in [0.1, 0.15) is 0 Å². The fraction of sp³-hybridized carbons (Fsp3) is 0.286. The van der Waals surface area contributed by atoms with Gasteiger partial charge in [0.15, 0.2) is 5.13 Å². The van der Waals surface area contributed by atoms with Gasteiger partial charge in [0.05, 0.1) is 14.9 Å². The first-order valence-electron chi connectivity index (χ1n) is 9.52. The Morgan fingerprint density at radius 3 is 2.70 bits per heavy atom. The number of anilines is 1. The largest absolute Gasteiger partial charge is 0.338 e. The van der Waals surface area contributed by atoms with Crippen molar-refractivity contribution in [3.63, 3.8) is 0 Å². The zero-order valence-electron chi connectivity index (χ0n) is 15.9. The van der Waals surface area contributed by atoms with Crippen LogP contribution in [0, 0.1) is 5.92 Å². The predicted octanol–water partition coefficient (Wildman–Crippen LogP) is 5.59. The smallest absolute Gasteiger partial charge is 0.263 e. The number of aromatic nitrogens is 1. The SMILES string of the molecule is O=C(Nc1ncc(Cc2cccc(Cl)c2Cl)s1)C1CCN(C(=O)c2cccs2)CC1. The van der Waals surface area contributed by atoms with Crippen molar-refractivity contribution in [1.29, 1.82) is 0 Å². The third-order valence-corrected chi connectivity index (χ3v) is 7.69. The Morgan fingerprint density at radius 2 is 1.97 bits per heavy atom. The van der Waals surface area contributed by atoms with E-state index in [1.165, 1.54) is 22.7 Å². The van der Waals surface area contributed by atoms with Crippen molar-refractivity contribution < 1.29 is 9.59 Å². The number of benzene rings is 1. The topological polar surface area (TPSA) is 62.3 Å². The molecule has 156 valence electrons. The summed E-state index contributed by atoms with van der Waals surface area (Å²) in [6.45, 7) is 1.18. The summed E-state index contributed by atoms with van der Waals surface area (Å²) in [6, 6.07) is 9.26. The fourth-order valence-electron chi connectivity index (χ4n) is 3.43. The first-order valence-corrected chi connectivity index (χ1v) is 12.0. The maximum atomic E-state index is 12.7. The molecule has 1 aliphatic rings. The molecular formula is C21H19Cl2N3O2S2. The first-order chi connectivity index (χ1) is 14.5. The molecule has 1 saturated heterocycles. The molecule has 3 aromatic rings. The number of amides is 2. The summed E-state index contributed by atoms with van der Waals surface area (Å²) in [7, 11) is 0. The van der Waals surface area contributed by atoms with Crippen LogP contribution in [0.25, 0.3) is 0 Å². The molecule has 30 heavy (non-hydrogen) atoms. The lowest BCUT2D eigenvalue weighted by Gasteiger charge is -2.30. The molecule has 9 heteroatoms. The van der Waals surface area contributed by atoms with Gasteiger partial charge in [0.2, 0.25) is 5.91 Å². The van der Waals surface area contributed by atoms with Gasteiger partial charge in [-0.25, -0.2) is 4.98 Å². The second-order valence-corrected chi connectivity index (χ2v) is 9.90. The van der Waals surface area contributed by atoms with E-state index in [1.807, 2.05) is 34.5 Å². The number of piperidine rings is 1. The fourth-order valence-corrected chi connectivity index (χ4v) is 5.34. The van der Waals surface area contributed by atoms with Crippen molar-refractivity contribution in [3.8, 4) is 0 Å². The van der Waals surface area contributed by atoms with Crippen LogP contribution < -0.4 is 5.32 Å². The number of halogens is 2. The summed E-state index contributed by atoms with van der Waals surface area (Å²) in [5, 5.41) is 6.46. The van der Waals surface area contributed by atoms with Gasteiger partial charge in [-0.05, 0) is 35.9 Å². The molecule has 0 spiro atoms. The van der Waals surface area contributed by atoms with Crippen molar-refractivity contribution >= 4 is 62.8 Å². The lowest BCUT2D eigenvalue weighted by Crippen LogP contribution is -2.41. The average Bonchev–Trinajstić information content (AvgIpc) is 3.43. The zero-order chi connectivity index (χ0) is 21.1. The van der Waals surface area contributed by atoms with Gasteiger partial charge in [-0.15, -0.1) is 22.7 Å². The molecule has 0 atom stereocenters. The Bertz CT molecular complexity index is 1040. The molecule has 0 unspecified atom stereocenters. The maximum absolute atomic E-state index is 12.7. The van der Waals surface area contributed by atoms with E-state index >= 15 is 0 Å². The molecule has 0 saturated carbocycles. The maximum Gasteiger partial charge on any atom is 0.263 e. The van der Waals surface area contributed by atoms with Gasteiger partial charge in [-0.2, -0.15) is 0 Å². The van der Waals surface area contributed by atoms with E-state index in [-0.39, 0.29) is 17.7 Å². The van der Waals surface area contributed by atoms with Gasteiger partial charge >= 0.3 is 0 Å². The molecular weight excluding hydrogens is 461 g/mol. The van der Waals surface area contributed by atoms with Crippen LogP contribution in [-0.4, -0.2) is 34.8 Å². The van der Waals surface area contributed by atoms with Crippen molar-refractivity contribution in [2.24, 2.45) is 5.92 Å². The molecule has 0 aliphatic carbocycles. The van der Waals surface area contributed by atoms with E-state index in [2.05, 4.69) is 10.3 Å². The quantitative estimate of drug-likeness (QED) is 0.518. The monoisotopic (exact) mass is 479 g/mol. The van der Waals surface area contributed by atoms with Crippen LogP contribution in [0.3, 0.4) is 0 Å². The highest BCUT2D eigenvalue weighted by Crippen LogP contribution is 2.30. The van der Waals surface area contributed by atoms with E-state index in [1.54, 1.807) is 12.3 Å². The molecule has 2 amide bonds. The molecule has 0 radical (unpaired) electrons. The summed E-state index contributed by atoms with van der Waals surface area (Å²) in [5.74, 6) is -0.111. The number of carbonyl (C=O) groups excluding carboxylic acids is 2. The first kappa shape index (κ1) is 21.3. The van der Waals surface area contributed by atoms with Crippen LogP contribution in [0.5, 0.6) is 0 Å². The number of thiophene rings is 1. The summed E-state index contributed by atoms with van der Waals surface area (Å²) in [5.41, 5.74) is 0.925. The number of nitrogens with zero attached hydrogens (tertiary/aromatic N) is 2. The number of nitrogens with one attached hydrogen (secondary N) is 1. The number of hydrogen-bond acceptors (Lipinski definition) is 5. The van der Waals surface area contributed by atoms with Gasteiger partial charge in [0.25, 0.3) is 5.91 Å². The molecule has 1 aliphatic heterocycles. The Morgan fingerprint density at radius 1 is 1.17 bits per heavy atom. The normalized spacial score (nSPS) is 14.7. The third-order valence-electron chi connectivity index (χ3n) is 5.06. The second kappa shape index (κ2) is 9.47. The van der Waals surface area contributed by atoms with E-state index in [0.717, 1.165) is 15.3 Å². The minimum Gasteiger partial charge on any atom is -0.338 e. The number of carbonyl (C=O) groups is 2. The van der Waals surface area contributed by atoms with Crippen molar-refractivity contribution in [2.75, 3.05) is 18.4 Å². The van der Waals surface area contributed by atoms with Gasteiger partial charge in [-0.1, -0.05) is 41.4 Å². The standard InChI is InChI=1S/C21H19Cl2N3O2S2/c22-16-4-1-3-14(18(16)23)11-15-12-24-21(30-15)25-19(27)13-6-8-26(9-7-13)20(28)17-5-2-10-29-17/h1-5,10,12-13H,6-9,11H2,(H,24,25,27). The van der Waals surface area contributed by atoms with Gasteiger partial charge < -0.3 is 10.2 Å². The molecule has 1 fully saturated rings. The molecule has 2 aromatic heterocycles. The third kappa shape index (κ3) is 4.86. The Labute approximate surface area is 192 Å². The number of likely N-dealkylation sites (tertiary alicyclic amines) is 1. The summed E-state index contributed by atoms with van der Waals surface area (Å²) in [6.07, 6.45) is 3.66. The summed E-state index contributed by atoms with van der Waals surface area (Å²) >= 11 is 15.2. The lowest BCUT2D eigenvalue weighted by atomic mass is 9.96. The highest BCUT2D eigenvalue weighted by molar-refractivity contribution is 7.15. The van der Waals surface area contributed by atoms with Crippen LogP contribution in [-0.2, 0) is 11.2 Å². The highest BCUT2D eigenvalue weighted by atomic mass is 35.5. The van der Waals surface area contributed by atoms with Gasteiger partial charge in [-0.3, -0.25) is 9.59 Å². The zero-order valence-corrected chi connectivity index (χ0v) is 19.1. The average molecular weight is 480 g/mol. The second-order valence-electron chi connectivity index (χ2n) is 7.05. The minimum absolute atomic E-state index is 0.0417. The van der Waals surface area contributed by atoms with Crippen molar-refractivity contribution in [2.45, 2.75) is 19.3 Å². The van der Waals surface area contributed by atoms with E-state index in [9.17, 15) is 9.59 Å². The van der Waals surface area contributed by atoms with Crippen molar-refractivity contribution in [1.82, 2.24) is 9.88 Å². The van der Waals surface area contributed by atoms with E-state index in [4.69, 9.17) is 23.2 Å². The molecule has 1 aromatic carbocycles. The Balaban J connectivity index is 1.31. The Hall–Kier alpha value is -1.93. The summed E-state index contributed by atoms with van der Waals surface area (Å²) in [4.78, 5) is 33.0. The molecule has 3 heterocycles. The van der Waals surface area contributed by atoms with Crippen LogP contribution in [0.2, 0.25) is 10.0 Å². The number of hydrogen-bond donors (Lipinski definition) is 1. The van der Waals surface area contributed by atoms with Crippen molar-refractivity contribution in [3.05, 3.63) is 67.3 Å². The minimum atomic E-state index is -0.118. The van der Waals surface area contributed by atoms with E-state index in [0.29, 0.717) is 47.5 Å². The summed E-state index contributed by atoms with van der Waals surface area (Å²) < 4.78 is 0.